The molecule has 0 radical (unpaired) electrons. The lowest BCUT2D eigenvalue weighted by Gasteiger charge is -2.22. The van der Waals surface area contributed by atoms with Gasteiger partial charge < -0.3 is 16.0 Å². The van der Waals surface area contributed by atoms with Crippen molar-refractivity contribution < 1.29 is 9.59 Å². The van der Waals surface area contributed by atoms with Crippen LogP contribution < -0.4 is 11.1 Å². The maximum absolute atomic E-state index is 12.9. The second-order valence-corrected chi connectivity index (χ2v) is 8.53. The maximum atomic E-state index is 12.9. The van der Waals surface area contributed by atoms with Crippen molar-refractivity contribution in [2.75, 3.05) is 18.4 Å². The van der Waals surface area contributed by atoms with Crippen LogP contribution in [-0.4, -0.2) is 35.8 Å². The number of carbonyl (C=O) groups is 2. The standard InChI is InChI=1S/C19H28ClN3O2.ClH/c1-12-7-13(10-21)11-23(12)18(25)15-8-14(5-6-16(15)20)22-17(24)9-19(2,3)4;/h5-6,8,12-13H,7,9-11,21H2,1-4H3,(H,22,24);1H. The highest BCUT2D eigenvalue weighted by atomic mass is 35.5. The Morgan fingerprint density at radius 1 is 1.35 bits per heavy atom. The van der Waals surface area contributed by atoms with Crippen molar-refractivity contribution in [1.82, 2.24) is 4.90 Å². The fraction of sp³-hybridized carbons (Fsp3) is 0.579. The Kier molecular flexibility index (Phi) is 7.93. The van der Waals surface area contributed by atoms with E-state index in [9.17, 15) is 9.59 Å². The van der Waals surface area contributed by atoms with Crippen LogP contribution in [0.4, 0.5) is 5.69 Å². The lowest BCUT2D eigenvalue weighted by atomic mass is 9.92. The molecule has 2 unspecified atom stereocenters. The van der Waals surface area contributed by atoms with Crippen molar-refractivity contribution >= 4 is 41.5 Å². The van der Waals surface area contributed by atoms with Crippen LogP contribution in [0.15, 0.2) is 18.2 Å². The molecule has 0 saturated carbocycles. The van der Waals surface area contributed by atoms with Gasteiger partial charge in [0.1, 0.15) is 0 Å². The van der Waals surface area contributed by atoms with Crippen LogP contribution in [0.5, 0.6) is 0 Å². The minimum atomic E-state index is -0.111. The second-order valence-electron chi connectivity index (χ2n) is 8.12. The first-order valence-electron chi connectivity index (χ1n) is 8.71. The maximum Gasteiger partial charge on any atom is 0.255 e. The van der Waals surface area contributed by atoms with Crippen molar-refractivity contribution in [1.29, 1.82) is 0 Å². The van der Waals surface area contributed by atoms with Crippen LogP contribution >= 0.6 is 24.0 Å². The molecule has 1 saturated heterocycles. The molecular formula is C19H29Cl2N3O2. The largest absolute Gasteiger partial charge is 0.336 e. The fourth-order valence-corrected chi connectivity index (χ4v) is 3.40. The molecule has 2 rings (SSSR count). The molecule has 26 heavy (non-hydrogen) atoms. The lowest BCUT2D eigenvalue weighted by Crippen LogP contribution is -2.34. The lowest BCUT2D eigenvalue weighted by molar-refractivity contribution is -0.117. The van der Waals surface area contributed by atoms with E-state index in [0.717, 1.165) is 6.42 Å². The minimum Gasteiger partial charge on any atom is -0.336 e. The van der Waals surface area contributed by atoms with Crippen LogP contribution in [-0.2, 0) is 4.79 Å². The van der Waals surface area contributed by atoms with E-state index < -0.39 is 0 Å². The molecular weight excluding hydrogens is 373 g/mol. The molecule has 0 bridgehead atoms. The van der Waals surface area contributed by atoms with Gasteiger partial charge in [0.05, 0.1) is 10.6 Å². The Balaban J connectivity index is 0.00000338. The third-order valence-electron chi connectivity index (χ3n) is 4.43. The zero-order valence-corrected chi connectivity index (χ0v) is 17.4. The van der Waals surface area contributed by atoms with E-state index in [4.69, 9.17) is 17.3 Å². The Bertz CT molecular complexity index is 659. The minimum absolute atomic E-state index is 0. The van der Waals surface area contributed by atoms with Crippen LogP contribution in [0.1, 0.15) is 50.9 Å². The van der Waals surface area contributed by atoms with Gasteiger partial charge in [-0.3, -0.25) is 9.59 Å². The Morgan fingerprint density at radius 2 is 2.00 bits per heavy atom. The summed E-state index contributed by atoms with van der Waals surface area (Å²) in [6, 6.07) is 5.17. The number of carbonyl (C=O) groups excluding carboxylic acids is 2. The van der Waals surface area contributed by atoms with Gasteiger partial charge in [0.15, 0.2) is 0 Å². The fourth-order valence-electron chi connectivity index (χ4n) is 3.20. The summed E-state index contributed by atoms with van der Waals surface area (Å²) in [4.78, 5) is 26.8. The zero-order chi connectivity index (χ0) is 18.8. The molecule has 1 aromatic carbocycles. The van der Waals surface area contributed by atoms with Gasteiger partial charge in [-0.2, -0.15) is 0 Å². The first-order valence-corrected chi connectivity index (χ1v) is 9.09. The van der Waals surface area contributed by atoms with Crippen molar-refractivity contribution in [2.45, 2.75) is 46.6 Å². The van der Waals surface area contributed by atoms with Crippen molar-refractivity contribution in [3.05, 3.63) is 28.8 Å². The number of hydrogen-bond donors (Lipinski definition) is 2. The van der Waals surface area contributed by atoms with Gasteiger partial charge in [-0.1, -0.05) is 32.4 Å². The molecule has 0 spiro atoms. The Hall–Kier alpha value is -1.30. The Labute approximate surface area is 167 Å². The van der Waals surface area contributed by atoms with Gasteiger partial charge in [-0.15, -0.1) is 12.4 Å². The summed E-state index contributed by atoms with van der Waals surface area (Å²) < 4.78 is 0. The van der Waals surface area contributed by atoms with E-state index >= 15 is 0 Å². The van der Waals surface area contributed by atoms with Crippen molar-refractivity contribution in [3.8, 4) is 0 Å². The highest BCUT2D eigenvalue weighted by Gasteiger charge is 2.33. The third kappa shape index (κ3) is 5.86. The quantitative estimate of drug-likeness (QED) is 0.801. The number of halogens is 2. The molecule has 3 N–H and O–H groups in total. The molecule has 7 heteroatoms. The summed E-state index contributed by atoms with van der Waals surface area (Å²) in [5.41, 5.74) is 6.65. The number of benzene rings is 1. The van der Waals surface area contributed by atoms with E-state index in [2.05, 4.69) is 5.32 Å². The van der Waals surface area contributed by atoms with Gasteiger partial charge in [0.2, 0.25) is 5.91 Å². The predicted molar refractivity (Wildman–Crippen MR) is 109 cm³/mol. The number of rotatable bonds is 4. The summed E-state index contributed by atoms with van der Waals surface area (Å²) in [6.45, 7) is 9.26. The number of hydrogen-bond acceptors (Lipinski definition) is 3. The SMILES string of the molecule is CC1CC(CN)CN1C(=O)c1cc(NC(=O)CC(C)(C)C)ccc1Cl.Cl. The van der Waals surface area contributed by atoms with E-state index in [0.29, 0.717) is 41.7 Å². The molecule has 0 aliphatic carbocycles. The zero-order valence-electron chi connectivity index (χ0n) is 15.8. The molecule has 1 aliphatic rings. The van der Waals surface area contributed by atoms with Gasteiger partial charge in [-0.05, 0) is 49.4 Å². The molecule has 146 valence electrons. The molecule has 1 aliphatic heterocycles. The number of nitrogens with one attached hydrogen (secondary N) is 1. The smallest absolute Gasteiger partial charge is 0.255 e. The van der Waals surface area contributed by atoms with Gasteiger partial charge in [0.25, 0.3) is 5.91 Å². The molecule has 0 aromatic heterocycles. The van der Waals surface area contributed by atoms with Crippen molar-refractivity contribution in [2.24, 2.45) is 17.1 Å². The van der Waals surface area contributed by atoms with Crippen LogP contribution in [0.25, 0.3) is 0 Å². The highest BCUT2D eigenvalue weighted by molar-refractivity contribution is 6.34. The summed E-state index contributed by atoms with van der Waals surface area (Å²) in [7, 11) is 0. The van der Waals surface area contributed by atoms with Crippen LogP contribution in [0.2, 0.25) is 5.02 Å². The number of anilines is 1. The first-order chi connectivity index (χ1) is 11.6. The average Bonchev–Trinajstić information content (AvgIpc) is 2.87. The molecule has 1 heterocycles. The Morgan fingerprint density at radius 3 is 2.54 bits per heavy atom. The molecule has 5 nitrogen and oxygen atoms in total. The molecule has 1 fully saturated rings. The van der Waals surface area contributed by atoms with E-state index in [1.54, 1.807) is 18.2 Å². The average molecular weight is 402 g/mol. The van der Waals surface area contributed by atoms with E-state index in [1.807, 2.05) is 32.6 Å². The van der Waals surface area contributed by atoms with Gasteiger partial charge >= 0.3 is 0 Å². The monoisotopic (exact) mass is 401 g/mol. The van der Waals surface area contributed by atoms with Crippen LogP contribution in [0.3, 0.4) is 0 Å². The van der Waals surface area contributed by atoms with E-state index in [-0.39, 0.29) is 35.7 Å². The summed E-state index contributed by atoms with van der Waals surface area (Å²) in [5.74, 6) is 0.138. The number of nitrogens with zero attached hydrogens (tertiary/aromatic N) is 1. The summed E-state index contributed by atoms with van der Waals surface area (Å²) in [6.07, 6.45) is 1.31. The number of likely N-dealkylation sites (tertiary alicyclic amines) is 1. The topological polar surface area (TPSA) is 75.4 Å². The predicted octanol–water partition coefficient (Wildman–Crippen LogP) is 3.95. The number of nitrogens with two attached hydrogens (primary N) is 1. The molecule has 2 atom stereocenters. The first kappa shape index (κ1) is 22.7. The summed E-state index contributed by atoms with van der Waals surface area (Å²) >= 11 is 6.25. The molecule has 1 aromatic rings. The summed E-state index contributed by atoms with van der Waals surface area (Å²) in [5, 5.41) is 3.25. The normalized spacial score (nSPS) is 19.8. The van der Waals surface area contributed by atoms with E-state index in [1.165, 1.54) is 0 Å². The third-order valence-corrected chi connectivity index (χ3v) is 4.76. The van der Waals surface area contributed by atoms with Crippen molar-refractivity contribution in [3.63, 3.8) is 0 Å². The van der Waals surface area contributed by atoms with Gasteiger partial charge in [-0.25, -0.2) is 0 Å². The molecule has 2 amide bonds. The number of amides is 2. The highest BCUT2D eigenvalue weighted by Crippen LogP contribution is 2.28. The van der Waals surface area contributed by atoms with Crippen LogP contribution in [0, 0.1) is 11.3 Å². The van der Waals surface area contributed by atoms with Gasteiger partial charge in [0, 0.05) is 24.7 Å². The second kappa shape index (κ2) is 9.07.